The highest BCUT2D eigenvalue weighted by Gasteiger charge is 2.31. The number of piperazine rings is 1. The average Bonchev–Trinajstić information content (AvgIpc) is 2.36. The Kier molecular flexibility index (Phi) is 4.11. The molecule has 1 aliphatic rings. The number of nitrogens with zero attached hydrogens (tertiary/aromatic N) is 3. The molecule has 0 saturated carbocycles. The quantitative estimate of drug-likeness (QED) is 0.840. The van der Waals surface area contributed by atoms with Gasteiger partial charge in [-0.2, -0.15) is 0 Å². The lowest BCUT2D eigenvalue weighted by molar-refractivity contribution is -0.144. The molecule has 0 aromatic carbocycles. The SMILES string of the molecule is CN1CC(=O)N(Cc2ccccn2)CC1CC(=O)O. The second kappa shape index (κ2) is 5.79. The maximum atomic E-state index is 11.9. The topological polar surface area (TPSA) is 73.7 Å². The number of carbonyl (C=O) groups excluding carboxylic acids is 1. The maximum Gasteiger partial charge on any atom is 0.305 e. The third-order valence-electron chi connectivity index (χ3n) is 3.28. The minimum absolute atomic E-state index is 0.00907. The van der Waals surface area contributed by atoms with E-state index in [1.54, 1.807) is 23.0 Å². The summed E-state index contributed by atoms with van der Waals surface area (Å²) in [4.78, 5) is 30.4. The van der Waals surface area contributed by atoms with Gasteiger partial charge in [-0.15, -0.1) is 0 Å². The number of carboxylic acids is 1. The molecule has 1 N–H and O–H groups in total. The fourth-order valence-electron chi connectivity index (χ4n) is 2.20. The predicted octanol–water partition coefficient (Wildman–Crippen LogP) is 0.199. The Morgan fingerprint density at radius 1 is 1.53 bits per heavy atom. The molecule has 1 fully saturated rings. The highest BCUT2D eigenvalue weighted by molar-refractivity contribution is 5.79. The molecule has 0 bridgehead atoms. The lowest BCUT2D eigenvalue weighted by Crippen LogP contribution is -2.54. The van der Waals surface area contributed by atoms with Gasteiger partial charge in [0.15, 0.2) is 0 Å². The van der Waals surface area contributed by atoms with E-state index < -0.39 is 5.97 Å². The highest BCUT2D eigenvalue weighted by atomic mass is 16.4. The van der Waals surface area contributed by atoms with Gasteiger partial charge in [-0.05, 0) is 19.2 Å². The molecule has 0 spiro atoms. The van der Waals surface area contributed by atoms with Crippen LogP contribution in [0.4, 0.5) is 0 Å². The van der Waals surface area contributed by atoms with Gasteiger partial charge in [0.2, 0.25) is 5.91 Å². The number of aromatic nitrogens is 1. The van der Waals surface area contributed by atoms with Gasteiger partial charge in [-0.25, -0.2) is 0 Å². The Labute approximate surface area is 111 Å². The van der Waals surface area contributed by atoms with E-state index in [9.17, 15) is 9.59 Å². The lowest BCUT2D eigenvalue weighted by atomic mass is 10.1. The number of hydrogen-bond acceptors (Lipinski definition) is 4. The molecule has 1 aliphatic heterocycles. The standard InChI is InChI=1S/C13H17N3O3/c1-15-9-12(17)16(8-11(15)6-13(18)19)7-10-4-2-3-5-14-10/h2-5,11H,6-9H2,1H3,(H,18,19). The normalized spacial score (nSPS) is 20.6. The van der Waals surface area contributed by atoms with E-state index in [0.29, 0.717) is 13.1 Å². The van der Waals surface area contributed by atoms with Crippen LogP contribution in [0, 0.1) is 0 Å². The molecule has 1 amide bonds. The first-order valence-electron chi connectivity index (χ1n) is 6.16. The largest absolute Gasteiger partial charge is 0.481 e. The molecule has 2 heterocycles. The van der Waals surface area contributed by atoms with Crippen LogP contribution in [0.25, 0.3) is 0 Å². The van der Waals surface area contributed by atoms with Crippen molar-refractivity contribution in [3.8, 4) is 0 Å². The molecule has 102 valence electrons. The number of carbonyl (C=O) groups is 2. The van der Waals surface area contributed by atoms with Crippen LogP contribution in [0.1, 0.15) is 12.1 Å². The summed E-state index contributed by atoms with van der Waals surface area (Å²) in [5, 5.41) is 8.88. The summed E-state index contributed by atoms with van der Waals surface area (Å²) in [5.41, 5.74) is 0.814. The Hall–Kier alpha value is -1.95. The minimum Gasteiger partial charge on any atom is -0.481 e. The third-order valence-corrected chi connectivity index (χ3v) is 3.28. The van der Waals surface area contributed by atoms with Crippen molar-refractivity contribution in [1.29, 1.82) is 0 Å². The van der Waals surface area contributed by atoms with Gasteiger partial charge >= 0.3 is 5.97 Å². The summed E-state index contributed by atoms with van der Waals surface area (Å²) < 4.78 is 0. The van der Waals surface area contributed by atoms with Crippen molar-refractivity contribution < 1.29 is 14.7 Å². The van der Waals surface area contributed by atoms with Crippen molar-refractivity contribution in [3.05, 3.63) is 30.1 Å². The van der Waals surface area contributed by atoms with Crippen molar-refractivity contribution in [2.45, 2.75) is 19.0 Å². The summed E-state index contributed by atoms with van der Waals surface area (Å²) in [6, 6.07) is 5.41. The zero-order valence-corrected chi connectivity index (χ0v) is 10.8. The van der Waals surface area contributed by atoms with E-state index in [1.165, 1.54) is 0 Å². The summed E-state index contributed by atoms with van der Waals surface area (Å²) in [6.45, 7) is 1.12. The van der Waals surface area contributed by atoms with E-state index in [2.05, 4.69) is 4.98 Å². The fraction of sp³-hybridized carbons (Fsp3) is 0.462. The van der Waals surface area contributed by atoms with Gasteiger partial charge in [0, 0.05) is 18.8 Å². The van der Waals surface area contributed by atoms with Crippen LogP contribution in [0.15, 0.2) is 24.4 Å². The van der Waals surface area contributed by atoms with E-state index >= 15 is 0 Å². The molecule has 1 aromatic rings. The second-order valence-corrected chi connectivity index (χ2v) is 4.76. The number of amides is 1. The van der Waals surface area contributed by atoms with Crippen molar-refractivity contribution in [1.82, 2.24) is 14.8 Å². The van der Waals surface area contributed by atoms with E-state index in [0.717, 1.165) is 5.69 Å². The molecular weight excluding hydrogens is 246 g/mol. The Bertz CT molecular complexity index is 463. The third kappa shape index (κ3) is 3.51. The van der Waals surface area contributed by atoms with E-state index in [4.69, 9.17) is 5.11 Å². The van der Waals surface area contributed by atoms with Gasteiger partial charge in [-0.3, -0.25) is 19.5 Å². The number of rotatable bonds is 4. The van der Waals surface area contributed by atoms with Gasteiger partial charge < -0.3 is 10.0 Å². The van der Waals surface area contributed by atoms with Crippen LogP contribution in [-0.4, -0.2) is 57.9 Å². The molecule has 2 rings (SSSR count). The zero-order valence-electron chi connectivity index (χ0n) is 10.8. The number of likely N-dealkylation sites (N-methyl/N-ethyl adjacent to an activating group) is 1. The first-order valence-corrected chi connectivity index (χ1v) is 6.16. The fourth-order valence-corrected chi connectivity index (χ4v) is 2.20. The average molecular weight is 263 g/mol. The summed E-state index contributed by atoms with van der Waals surface area (Å²) in [5.74, 6) is -0.834. The minimum atomic E-state index is -0.844. The van der Waals surface area contributed by atoms with Crippen molar-refractivity contribution >= 4 is 11.9 Å². The van der Waals surface area contributed by atoms with Crippen molar-refractivity contribution in [2.24, 2.45) is 0 Å². The Balaban J connectivity index is 2.03. The molecule has 1 saturated heterocycles. The number of aliphatic carboxylic acids is 1. The first-order chi connectivity index (χ1) is 9.06. The molecule has 0 aliphatic carbocycles. The monoisotopic (exact) mass is 263 g/mol. The van der Waals surface area contributed by atoms with Gasteiger partial charge in [-0.1, -0.05) is 6.07 Å². The van der Waals surface area contributed by atoms with Gasteiger partial charge in [0.1, 0.15) is 0 Å². The van der Waals surface area contributed by atoms with Crippen LogP contribution < -0.4 is 0 Å². The summed E-state index contributed by atoms with van der Waals surface area (Å²) in [6.07, 6.45) is 1.73. The smallest absolute Gasteiger partial charge is 0.305 e. The van der Waals surface area contributed by atoms with E-state index in [1.807, 2.05) is 18.2 Å². The van der Waals surface area contributed by atoms with Crippen LogP contribution >= 0.6 is 0 Å². The van der Waals surface area contributed by atoms with Crippen molar-refractivity contribution in [3.63, 3.8) is 0 Å². The lowest BCUT2D eigenvalue weighted by Gasteiger charge is -2.38. The molecule has 19 heavy (non-hydrogen) atoms. The molecule has 1 unspecified atom stereocenters. The zero-order chi connectivity index (χ0) is 13.8. The van der Waals surface area contributed by atoms with Gasteiger partial charge in [0.25, 0.3) is 0 Å². The second-order valence-electron chi connectivity index (χ2n) is 4.76. The maximum absolute atomic E-state index is 11.9. The molecule has 6 heteroatoms. The number of carboxylic acid groups (broad SMARTS) is 1. The number of pyridine rings is 1. The molecule has 0 radical (unpaired) electrons. The van der Waals surface area contributed by atoms with Crippen molar-refractivity contribution in [2.75, 3.05) is 20.1 Å². The number of hydrogen-bond donors (Lipinski definition) is 1. The van der Waals surface area contributed by atoms with Gasteiger partial charge in [0.05, 0.1) is 25.2 Å². The Morgan fingerprint density at radius 2 is 2.32 bits per heavy atom. The Morgan fingerprint density at radius 3 is 2.95 bits per heavy atom. The molecule has 1 aromatic heterocycles. The van der Waals surface area contributed by atoms with Crippen LogP contribution in [0.5, 0.6) is 0 Å². The first kappa shape index (κ1) is 13.5. The van der Waals surface area contributed by atoms with Crippen LogP contribution in [0.3, 0.4) is 0 Å². The van der Waals surface area contributed by atoms with Crippen LogP contribution in [0.2, 0.25) is 0 Å². The van der Waals surface area contributed by atoms with E-state index in [-0.39, 0.29) is 24.9 Å². The molecular formula is C13H17N3O3. The van der Waals surface area contributed by atoms with Crippen LogP contribution in [-0.2, 0) is 16.1 Å². The summed E-state index contributed by atoms with van der Waals surface area (Å²) >= 11 is 0. The summed E-state index contributed by atoms with van der Waals surface area (Å²) in [7, 11) is 1.78. The predicted molar refractivity (Wildman–Crippen MR) is 68.3 cm³/mol. The molecule has 1 atom stereocenters. The molecule has 6 nitrogen and oxygen atoms in total. The highest BCUT2D eigenvalue weighted by Crippen LogP contribution is 2.14.